The van der Waals surface area contributed by atoms with Crippen LogP contribution in [0.1, 0.15) is 49.7 Å². The second-order valence-corrected chi connectivity index (χ2v) is 7.17. The van der Waals surface area contributed by atoms with Gasteiger partial charge in [-0.25, -0.2) is 0 Å². The first-order valence-electron chi connectivity index (χ1n) is 7.71. The van der Waals surface area contributed by atoms with Crippen molar-refractivity contribution in [1.82, 2.24) is 14.8 Å². The Hall–Kier alpha value is -1.42. The molecule has 21 heavy (non-hydrogen) atoms. The lowest BCUT2D eigenvalue weighted by molar-refractivity contribution is 0.0663. The minimum Gasteiger partial charge on any atom is -0.338 e. The molecule has 0 spiro atoms. The van der Waals surface area contributed by atoms with E-state index < -0.39 is 0 Å². The van der Waals surface area contributed by atoms with Crippen molar-refractivity contribution in [3.05, 3.63) is 29.6 Å². The number of nitrogens with zero attached hydrogens (tertiary/aromatic N) is 3. The molecule has 1 saturated heterocycles. The molecule has 4 nitrogen and oxygen atoms in total. The highest BCUT2D eigenvalue weighted by molar-refractivity contribution is 5.94. The van der Waals surface area contributed by atoms with Crippen molar-refractivity contribution in [3.63, 3.8) is 0 Å². The topological polar surface area (TPSA) is 36.4 Å². The van der Waals surface area contributed by atoms with Gasteiger partial charge in [0.1, 0.15) is 0 Å². The Kier molecular flexibility index (Phi) is 4.67. The summed E-state index contributed by atoms with van der Waals surface area (Å²) in [5.74, 6) is 0.111. The van der Waals surface area contributed by atoms with Crippen molar-refractivity contribution in [1.29, 1.82) is 0 Å². The van der Waals surface area contributed by atoms with E-state index in [9.17, 15) is 4.79 Å². The summed E-state index contributed by atoms with van der Waals surface area (Å²) in [4.78, 5) is 21.2. The van der Waals surface area contributed by atoms with Crippen LogP contribution in [0.3, 0.4) is 0 Å². The maximum atomic E-state index is 12.5. The average Bonchev–Trinajstić information content (AvgIpc) is 2.46. The van der Waals surface area contributed by atoms with Crippen molar-refractivity contribution in [3.8, 4) is 0 Å². The Labute approximate surface area is 128 Å². The SMILES string of the molecule is CN(C)C1CCN(C(=O)c2ccc(C(C)(C)C)nc2)CC1. The highest BCUT2D eigenvalue weighted by Crippen LogP contribution is 2.21. The van der Waals surface area contributed by atoms with Gasteiger partial charge >= 0.3 is 0 Å². The fourth-order valence-corrected chi connectivity index (χ4v) is 2.73. The molecule has 0 radical (unpaired) electrons. The normalized spacial score (nSPS) is 17.3. The third-order valence-corrected chi connectivity index (χ3v) is 4.26. The van der Waals surface area contributed by atoms with Crippen LogP contribution in [0.25, 0.3) is 0 Å². The molecule has 2 heterocycles. The van der Waals surface area contributed by atoms with Crippen LogP contribution in [0, 0.1) is 0 Å². The van der Waals surface area contributed by atoms with Crippen molar-refractivity contribution < 1.29 is 4.79 Å². The first kappa shape index (κ1) is 16.0. The molecule has 0 aromatic carbocycles. The minimum atomic E-state index is 0.0195. The number of carbonyl (C=O) groups excluding carboxylic acids is 1. The van der Waals surface area contributed by atoms with Crippen LogP contribution in [0.2, 0.25) is 0 Å². The van der Waals surface area contributed by atoms with E-state index in [-0.39, 0.29) is 11.3 Å². The van der Waals surface area contributed by atoms with Gasteiger partial charge in [-0.05, 0) is 39.1 Å². The van der Waals surface area contributed by atoms with Crippen LogP contribution in [-0.2, 0) is 5.41 Å². The molecule has 0 atom stereocenters. The van der Waals surface area contributed by atoms with Crippen molar-refractivity contribution in [2.45, 2.75) is 45.1 Å². The zero-order valence-corrected chi connectivity index (χ0v) is 13.9. The fourth-order valence-electron chi connectivity index (χ4n) is 2.73. The lowest BCUT2D eigenvalue weighted by atomic mass is 9.91. The van der Waals surface area contributed by atoms with E-state index in [2.05, 4.69) is 44.8 Å². The van der Waals surface area contributed by atoms with E-state index in [0.717, 1.165) is 31.6 Å². The van der Waals surface area contributed by atoms with Crippen LogP contribution in [0.5, 0.6) is 0 Å². The predicted molar refractivity (Wildman–Crippen MR) is 85.5 cm³/mol. The van der Waals surface area contributed by atoms with E-state index in [1.807, 2.05) is 17.0 Å². The number of carbonyl (C=O) groups is 1. The Bertz CT molecular complexity index is 480. The highest BCUT2D eigenvalue weighted by atomic mass is 16.2. The molecular weight excluding hydrogens is 262 g/mol. The van der Waals surface area contributed by atoms with Crippen molar-refractivity contribution >= 4 is 5.91 Å². The van der Waals surface area contributed by atoms with E-state index in [1.54, 1.807) is 6.20 Å². The highest BCUT2D eigenvalue weighted by Gasteiger charge is 2.25. The van der Waals surface area contributed by atoms with Gasteiger partial charge in [-0.3, -0.25) is 9.78 Å². The van der Waals surface area contributed by atoms with Gasteiger partial charge in [0.15, 0.2) is 0 Å². The van der Waals surface area contributed by atoms with Crippen molar-refractivity contribution in [2.24, 2.45) is 0 Å². The third kappa shape index (κ3) is 3.82. The Morgan fingerprint density at radius 1 is 1.24 bits per heavy atom. The molecular formula is C17H27N3O. The van der Waals surface area contributed by atoms with Gasteiger partial charge in [0.2, 0.25) is 0 Å². The molecule has 1 aromatic rings. The van der Waals surface area contributed by atoms with Crippen LogP contribution in [-0.4, -0.2) is 53.9 Å². The number of hydrogen-bond acceptors (Lipinski definition) is 3. The lowest BCUT2D eigenvalue weighted by Crippen LogP contribution is -2.44. The summed E-state index contributed by atoms with van der Waals surface area (Å²) >= 11 is 0. The number of rotatable bonds is 2. The Morgan fingerprint density at radius 3 is 2.29 bits per heavy atom. The third-order valence-electron chi connectivity index (χ3n) is 4.26. The van der Waals surface area contributed by atoms with Gasteiger partial charge < -0.3 is 9.80 Å². The maximum Gasteiger partial charge on any atom is 0.255 e. The van der Waals surface area contributed by atoms with Crippen LogP contribution in [0.4, 0.5) is 0 Å². The van der Waals surface area contributed by atoms with Gasteiger partial charge in [0.05, 0.1) is 5.56 Å². The maximum absolute atomic E-state index is 12.5. The van der Waals surface area contributed by atoms with E-state index in [1.165, 1.54) is 0 Å². The molecule has 0 saturated carbocycles. The summed E-state index contributed by atoms with van der Waals surface area (Å²) in [6.07, 6.45) is 3.82. The number of hydrogen-bond donors (Lipinski definition) is 0. The van der Waals surface area contributed by atoms with Gasteiger partial charge in [0, 0.05) is 36.4 Å². The van der Waals surface area contributed by atoms with Crippen LogP contribution in [0.15, 0.2) is 18.3 Å². The summed E-state index contributed by atoms with van der Waals surface area (Å²) in [5.41, 5.74) is 1.74. The molecule has 0 aliphatic carbocycles. The number of likely N-dealkylation sites (tertiary alicyclic amines) is 1. The summed E-state index contributed by atoms with van der Waals surface area (Å²) in [7, 11) is 4.22. The Morgan fingerprint density at radius 2 is 1.86 bits per heavy atom. The fraction of sp³-hybridized carbons (Fsp3) is 0.647. The molecule has 1 amide bonds. The van der Waals surface area contributed by atoms with Gasteiger partial charge in [-0.2, -0.15) is 0 Å². The minimum absolute atomic E-state index is 0.0195. The number of amides is 1. The summed E-state index contributed by atoms with van der Waals surface area (Å²) < 4.78 is 0. The number of aromatic nitrogens is 1. The van der Waals surface area contributed by atoms with E-state index >= 15 is 0 Å². The van der Waals surface area contributed by atoms with Gasteiger partial charge in [-0.1, -0.05) is 20.8 Å². The molecule has 1 fully saturated rings. The van der Waals surface area contributed by atoms with E-state index in [0.29, 0.717) is 11.6 Å². The smallest absolute Gasteiger partial charge is 0.255 e. The van der Waals surface area contributed by atoms with Crippen molar-refractivity contribution in [2.75, 3.05) is 27.2 Å². The molecule has 0 bridgehead atoms. The molecule has 1 aromatic heterocycles. The van der Waals surface area contributed by atoms with Crippen LogP contribution < -0.4 is 0 Å². The van der Waals surface area contributed by atoms with Gasteiger partial charge in [-0.15, -0.1) is 0 Å². The van der Waals surface area contributed by atoms with Crippen LogP contribution >= 0.6 is 0 Å². The summed E-state index contributed by atoms with van der Waals surface area (Å²) in [6.45, 7) is 8.06. The monoisotopic (exact) mass is 289 g/mol. The first-order chi connectivity index (χ1) is 9.79. The molecule has 1 aliphatic heterocycles. The zero-order valence-electron chi connectivity index (χ0n) is 13.9. The lowest BCUT2D eigenvalue weighted by Gasteiger charge is -2.35. The first-order valence-corrected chi connectivity index (χ1v) is 7.71. The number of piperidine rings is 1. The van der Waals surface area contributed by atoms with E-state index in [4.69, 9.17) is 0 Å². The molecule has 2 rings (SSSR count). The Balaban J connectivity index is 2.01. The summed E-state index contributed by atoms with van der Waals surface area (Å²) in [6, 6.07) is 4.48. The second-order valence-electron chi connectivity index (χ2n) is 7.17. The number of pyridine rings is 1. The predicted octanol–water partition coefficient (Wildman–Crippen LogP) is 2.55. The molecule has 1 aliphatic rings. The second kappa shape index (κ2) is 6.14. The summed E-state index contributed by atoms with van der Waals surface area (Å²) in [5, 5.41) is 0. The average molecular weight is 289 g/mol. The largest absolute Gasteiger partial charge is 0.338 e. The molecule has 4 heteroatoms. The standard InChI is InChI=1S/C17H27N3O/c1-17(2,3)15-7-6-13(12-18-15)16(21)20-10-8-14(9-11-20)19(4)5/h6-7,12,14H,8-11H2,1-5H3. The molecule has 0 unspecified atom stereocenters. The molecule has 0 N–H and O–H groups in total. The zero-order chi connectivity index (χ0) is 15.6. The quantitative estimate of drug-likeness (QED) is 0.839. The van der Waals surface area contributed by atoms with Gasteiger partial charge in [0.25, 0.3) is 5.91 Å². The molecule has 116 valence electrons.